The molecule has 0 unspecified atom stereocenters. The van der Waals surface area contributed by atoms with Crippen LogP contribution in [0.15, 0.2) is 57.0 Å². The van der Waals surface area contributed by atoms with Gasteiger partial charge in [-0.2, -0.15) is 0 Å². The minimum atomic E-state index is -11.1. The zero-order chi connectivity index (χ0) is 20.8. The van der Waals surface area contributed by atoms with Crippen molar-refractivity contribution in [3.8, 4) is 0 Å². The van der Waals surface area contributed by atoms with Crippen molar-refractivity contribution in [1.82, 2.24) is 0 Å². The maximum atomic E-state index is 13.4. The first-order chi connectivity index (χ1) is 11.1. The van der Waals surface area contributed by atoms with Gasteiger partial charge in [0.25, 0.3) is 0 Å². The van der Waals surface area contributed by atoms with Crippen molar-refractivity contribution in [3.05, 3.63) is 37.4 Å². The quantitative estimate of drug-likeness (QED) is 0.209. The first kappa shape index (κ1) is 23.4. The summed E-state index contributed by atoms with van der Waals surface area (Å²) in [7, 11) is -22.3. The molecule has 1 rings (SSSR count). The summed E-state index contributed by atoms with van der Waals surface area (Å²) in [6.07, 6.45) is 1.86. The van der Waals surface area contributed by atoms with Crippen molar-refractivity contribution in [1.29, 1.82) is 0 Å². The van der Waals surface area contributed by atoms with Crippen LogP contribution >= 0.6 is 44.0 Å². The fourth-order valence-corrected chi connectivity index (χ4v) is 7.36. The van der Waals surface area contributed by atoms with Crippen molar-refractivity contribution in [2.45, 2.75) is 19.6 Å². The number of thioether (sulfide) groups is 2. The summed E-state index contributed by atoms with van der Waals surface area (Å²) in [6.45, 7) is 6.20. The van der Waals surface area contributed by atoms with Gasteiger partial charge in [-0.15, -0.1) is 36.7 Å². The molecule has 0 aliphatic carbocycles. The highest BCUT2D eigenvalue weighted by atomic mass is 32.5. The molecule has 0 atom stereocenters. The number of benzene rings is 1. The smallest absolute Gasteiger partial charge is 0.120 e. The van der Waals surface area contributed by atoms with Crippen LogP contribution in [0.4, 0.5) is 38.9 Å². The average molecular weight is 474 g/mol. The Kier molecular flexibility index (Phi) is 4.94. The average Bonchev–Trinajstić information content (AvgIpc) is 2.37. The van der Waals surface area contributed by atoms with E-state index in [1.165, 1.54) is 0 Å². The van der Waals surface area contributed by atoms with Gasteiger partial charge in [-0.1, -0.05) is 51.0 Å². The Morgan fingerprint density at radius 1 is 0.654 bits per heavy atom. The van der Waals surface area contributed by atoms with Crippen LogP contribution < -0.4 is 0 Å². The van der Waals surface area contributed by atoms with Crippen LogP contribution in [0.3, 0.4) is 0 Å². The topological polar surface area (TPSA) is 0 Å². The first-order valence-corrected chi connectivity index (χ1v) is 12.1. The maximum Gasteiger partial charge on any atom is 0.312 e. The van der Waals surface area contributed by atoms with Crippen molar-refractivity contribution in [2.24, 2.45) is 0 Å². The molecule has 154 valence electrons. The summed E-state index contributed by atoms with van der Waals surface area (Å²) in [5.41, 5.74) is 0. The molecule has 14 heteroatoms. The lowest BCUT2D eigenvalue weighted by molar-refractivity contribution is 0.329. The lowest BCUT2D eigenvalue weighted by Gasteiger charge is -2.49. The summed E-state index contributed by atoms with van der Waals surface area (Å²) in [5, 5.41) is 0. The van der Waals surface area contributed by atoms with Crippen LogP contribution in [-0.4, -0.2) is 11.5 Å². The third-order valence-electron chi connectivity index (χ3n) is 2.52. The van der Waals surface area contributed by atoms with Crippen molar-refractivity contribution in [3.63, 3.8) is 0 Å². The zero-order valence-electron chi connectivity index (χ0n) is 12.6. The van der Waals surface area contributed by atoms with Crippen LogP contribution in [0.2, 0.25) is 0 Å². The largest absolute Gasteiger partial charge is 0.312 e. The molecule has 0 aliphatic rings. The molecule has 26 heavy (non-hydrogen) atoms. The molecule has 0 heterocycles. The number of halogens is 10. The zero-order valence-corrected chi connectivity index (χ0v) is 15.8. The highest BCUT2D eigenvalue weighted by Gasteiger charge is 2.77. The molecule has 0 aliphatic heterocycles. The highest BCUT2D eigenvalue weighted by Crippen LogP contribution is 3.10. The van der Waals surface area contributed by atoms with Gasteiger partial charge in [-0.05, 0) is 12.1 Å². The van der Waals surface area contributed by atoms with E-state index in [0.29, 0.717) is 12.1 Å². The predicted octanol–water partition coefficient (Wildman–Crippen LogP) is 9.56. The maximum absolute atomic E-state index is 13.4. The summed E-state index contributed by atoms with van der Waals surface area (Å²) < 4.78 is 134. The fourth-order valence-electron chi connectivity index (χ4n) is 1.78. The molecule has 0 spiro atoms. The number of hydrogen-bond donors (Lipinski definition) is 0. The molecule has 0 saturated carbocycles. The Balaban J connectivity index is 4.16. The second kappa shape index (κ2) is 5.47. The molecule has 0 nitrogen and oxygen atoms in total. The molecule has 1 aromatic rings. The minimum Gasteiger partial charge on any atom is -0.120 e. The molecular formula is C12H12F10S4. The molecule has 0 bridgehead atoms. The molecule has 0 saturated heterocycles. The third-order valence-corrected chi connectivity index (χ3v) is 7.41. The van der Waals surface area contributed by atoms with Gasteiger partial charge in [0.15, 0.2) is 0 Å². The van der Waals surface area contributed by atoms with Crippen molar-refractivity contribution in [2.75, 3.05) is 11.5 Å². The van der Waals surface area contributed by atoms with Crippen LogP contribution in [0.1, 0.15) is 0 Å². The number of hydrogen-bond acceptors (Lipinski definition) is 2. The van der Waals surface area contributed by atoms with Crippen molar-refractivity contribution >= 4 is 44.0 Å². The Morgan fingerprint density at radius 3 is 1.12 bits per heavy atom. The summed E-state index contributed by atoms with van der Waals surface area (Å²) in [5.74, 6) is -1.00. The third kappa shape index (κ3) is 5.96. The van der Waals surface area contributed by atoms with E-state index in [9.17, 15) is 38.9 Å². The molecule has 0 aromatic heterocycles. The second-order valence-electron chi connectivity index (χ2n) is 4.86. The van der Waals surface area contributed by atoms with Crippen LogP contribution in [0.25, 0.3) is 0 Å². The van der Waals surface area contributed by atoms with Crippen LogP contribution in [-0.2, 0) is 0 Å². The highest BCUT2D eigenvalue weighted by molar-refractivity contribution is 8.48. The van der Waals surface area contributed by atoms with E-state index >= 15 is 0 Å². The summed E-state index contributed by atoms with van der Waals surface area (Å²) in [6, 6.07) is 0.639. The predicted molar refractivity (Wildman–Crippen MR) is 91.1 cm³/mol. The van der Waals surface area contributed by atoms with E-state index < -0.39 is 51.5 Å². The molecule has 0 N–H and O–H groups in total. The Hall–Kier alpha value is -0.600. The number of rotatable bonds is 8. The standard InChI is InChI=1S/C12H12F10S4/c1-3-7-23-9-5-6-10(24-8-4-2)12(26(18,19,20,21)22)11(9)25(13,14,15,16)17/h3-6H,1-2,7-8H2. The van der Waals surface area contributed by atoms with E-state index in [1.807, 2.05) is 0 Å². The van der Waals surface area contributed by atoms with Crippen molar-refractivity contribution < 1.29 is 38.9 Å². The van der Waals surface area contributed by atoms with Crippen LogP contribution in [0, 0.1) is 0 Å². The normalized spacial score (nSPS) is 18.2. The van der Waals surface area contributed by atoms with E-state index in [-0.39, 0.29) is 23.5 Å². The van der Waals surface area contributed by atoms with Gasteiger partial charge < -0.3 is 0 Å². The van der Waals surface area contributed by atoms with E-state index in [4.69, 9.17) is 0 Å². The van der Waals surface area contributed by atoms with Gasteiger partial charge in [0, 0.05) is 21.3 Å². The monoisotopic (exact) mass is 474 g/mol. The fraction of sp³-hybridized carbons (Fsp3) is 0.167. The van der Waals surface area contributed by atoms with Crippen LogP contribution in [0.5, 0.6) is 0 Å². The van der Waals surface area contributed by atoms with Gasteiger partial charge >= 0.3 is 20.4 Å². The molecule has 0 fully saturated rings. The second-order valence-corrected chi connectivity index (χ2v) is 11.7. The molecule has 0 radical (unpaired) electrons. The molecule has 1 aromatic carbocycles. The van der Waals surface area contributed by atoms with Gasteiger partial charge in [0.1, 0.15) is 9.79 Å². The molecular weight excluding hydrogens is 462 g/mol. The van der Waals surface area contributed by atoms with E-state index in [1.54, 1.807) is 0 Å². The van der Waals surface area contributed by atoms with Gasteiger partial charge in [-0.25, -0.2) is 0 Å². The summed E-state index contributed by atoms with van der Waals surface area (Å²) in [4.78, 5) is -10.5. The summed E-state index contributed by atoms with van der Waals surface area (Å²) >= 11 is -0.202. The molecule has 0 amide bonds. The van der Waals surface area contributed by atoms with Gasteiger partial charge in [0.2, 0.25) is 0 Å². The van der Waals surface area contributed by atoms with E-state index in [0.717, 1.165) is 12.2 Å². The lowest BCUT2D eigenvalue weighted by atomic mass is 10.3. The lowest BCUT2D eigenvalue weighted by Crippen LogP contribution is -2.18. The Bertz CT molecular complexity index is 682. The van der Waals surface area contributed by atoms with Gasteiger partial charge in [0.05, 0.1) is 0 Å². The minimum absolute atomic E-state index is 0.101. The first-order valence-electron chi connectivity index (χ1n) is 6.23. The SMILES string of the molecule is C=CCSc1ccc(SCC=C)c(S(F)(F)(F)(F)F)c1S(F)(F)(F)(F)F. The van der Waals surface area contributed by atoms with Gasteiger partial charge in [-0.3, -0.25) is 0 Å². The Labute approximate surface area is 151 Å². The Morgan fingerprint density at radius 2 is 0.923 bits per heavy atom. The van der Waals surface area contributed by atoms with E-state index in [2.05, 4.69) is 13.2 Å².